The van der Waals surface area contributed by atoms with Gasteiger partial charge in [0.05, 0.1) is 16.3 Å². The van der Waals surface area contributed by atoms with Gasteiger partial charge in [0.15, 0.2) is 0 Å². The summed E-state index contributed by atoms with van der Waals surface area (Å²) >= 11 is 5.94. The average molecular weight is 507 g/mol. The maximum absolute atomic E-state index is 13.0. The van der Waals surface area contributed by atoms with Gasteiger partial charge in [-0.1, -0.05) is 66.2 Å². The highest BCUT2D eigenvalue weighted by Gasteiger charge is 2.31. The lowest BCUT2D eigenvalue weighted by Crippen LogP contribution is -2.15. The van der Waals surface area contributed by atoms with E-state index in [0.29, 0.717) is 17.9 Å². The highest BCUT2D eigenvalue weighted by molar-refractivity contribution is 6.34. The number of hydrogen-bond acceptors (Lipinski definition) is 3. The number of alkyl halides is 3. The number of anilines is 1. The van der Waals surface area contributed by atoms with Gasteiger partial charge in [-0.15, -0.1) is 0 Å². The van der Waals surface area contributed by atoms with Crippen LogP contribution < -0.4 is 10.1 Å². The first-order chi connectivity index (χ1) is 17.2. The maximum Gasteiger partial charge on any atom is 0.416 e. The van der Waals surface area contributed by atoms with Crippen LogP contribution in [0.15, 0.2) is 90.5 Å². The highest BCUT2D eigenvalue weighted by atomic mass is 35.5. The van der Waals surface area contributed by atoms with E-state index in [1.807, 2.05) is 42.5 Å². The molecular formula is C28H18ClF3N2O2. The third-order valence-electron chi connectivity index (χ3n) is 5.35. The number of rotatable bonds is 6. The monoisotopic (exact) mass is 506 g/mol. The molecule has 4 aromatic rings. The predicted molar refractivity (Wildman–Crippen MR) is 133 cm³/mol. The number of nitriles is 1. The van der Waals surface area contributed by atoms with Crippen LogP contribution >= 0.6 is 11.6 Å². The van der Waals surface area contributed by atoms with Crippen LogP contribution in [0, 0.1) is 11.3 Å². The largest absolute Gasteiger partial charge is 0.489 e. The molecule has 180 valence electrons. The molecule has 0 aromatic heterocycles. The van der Waals surface area contributed by atoms with Gasteiger partial charge in [0, 0.05) is 0 Å². The van der Waals surface area contributed by atoms with Crippen molar-refractivity contribution in [1.82, 2.24) is 0 Å². The number of halogens is 4. The highest BCUT2D eigenvalue weighted by Crippen LogP contribution is 2.34. The summed E-state index contributed by atoms with van der Waals surface area (Å²) in [6, 6.07) is 25.0. The summed E-state index contributed by atoms with van der Waals surface area (Å²) in [5, 5.41) is 13.9. The first kappa shape index (κ1) is 24.8. The van der Waals surface area contributed by atoms with Gasteiger partial charge in [0.1, 0.15) is 24.0 Å². The van der Waals surface area contributed by atoms with Crippen LogP contribution in [0.4, 0.5) is 18.9 Å². The van der Waals surface area contributed by atoms with Gasteiger partial charge in [0.2, 0.25) is 0 Å². The van der Waals surface area contributed by atoms with Crippen molar-refractivity contribution >= 4 is 40.0 Å². The Bertz CT molecular complexity index is 1500. The molecule has 0 fully saturated rings. The van der Waals surface area contributed by atoms with Crippen molar-refractivity contribution in [3.63, 3.8) is 0 Å². The van der Waals surface area contributed by atoms with Crippen LogP contribution in [0.3, 0.4) is 0 Å². The van der Waals surface area contributed by atoms with Crippen LogP contribution in [-0.4, -0.2) is 5.91 Å². The molecule has 0 aliphatic heterocycles. The molecule has 4 aromatic carbocycles. The molecule has 0 radical (unpaired) electrons. The van der Waals surface area contributed by atoms with E-state index in [9.17, 15) is 23.2 Å². The summed E-state index contributed by atoms with van der Waals surface area (Å²) in [5.74, 6) is -0.365. The minimum Gasteiger partial charge on any atom is -0.489 e. The van der Waals surface area contributed by atoms with Crippen molar-refractivity contribution in [1.29, 1.82) is 5.26 Å². The van der Waals surface area contributed by atoms with Crippen LogP contribution in [0.5, 0.6) is 5.75 Å². The Kier molecular flexibility index (Phi) is 7.28. The minimum atomic E-state index is -4.61. The van der Waals surface area contributed by atoms with Crippen LogP contribution in [0.2, 0.25) is 5.02 Å². The molecule has 1 amide bonds. The second kappa shape index (κ2) is 10.5. The van der Waals surface area contributed by atoms with Crippen LogP contribution in [0.1, 0.15) is 16.7 Å². The van der Waals surface area contributed by atoms with Gasteiger partial charge in [-0.25, -0.2) is 0 Å². The Hall–Kier alpha value is -4.28. The summed E-state index contributed by atoms with van der Waals surface area (Å²) in [6.07, 6.45) is -3.29. The van der Waals surface area contributed by atoms with Gasteiger partial charge in [0.25, 0.3) is 5.91 Å². The first-order valence-corrected chi connectivity index (χ1v) is 11.1. The summed E-state index contributed by atoms with van der Waals surface area (Å²) in [6.45, 7) is 0.314. The topological polar surface area (TPSA) is 62.1 Å². The second-order valence-corrected chi connectivity index (χ2v) is 8.22. The third-order valence-corrected chi connectivity index (χ3v) is 5.68. The molecular weight excluding hydrogens is 489 g/mol. The third kappa shape index (κ3) is 5.85. The van der Waals surface area contributed by atoms with Gasteiger partial charge < -0.3 is 10.1 Å². The molecule has 0 heterocycles. The molecule has 0 aliphatic carbocycles. The fourth-order valence-corrected chi connectivity index (χ4v) is 3.74. The standard InChI is InChI=1S/C28H18ClF3N2O2/c29-25-12-11-22(28(30,31)32)15-26(25)34-27(35)21(16-33)13-18-5-3-9-23(14-18)36-17-20-8-4-7-19-6-1-2-10-24(19)20/h1-15H,17H2,(H,34,35)/b21-13+. The van der Waals surface area contributed by atoms with E-state index in [-0.39, 0.29) is 16.3 Å². The number of nitrogens with zero attached hydrogens (tertiary/aromatic N) is 1. The maximum atomic E-state index is 13.0. The lowest BCUT2D eigenvalue weighted by Gasteiger charge is -2.11. The molecule has 0 saturated carbocycles. The minimum absolute atomic E-state index is 0.0857. The van der Waals surface area contributed by atoms with E-state index < -0.39 is 17.6 Å². The molecule has 8 heteroatoms. The molecule has 1 N–H and O–H groups in total. The Labute approximate surface area is 210 Å². The number of benzene rings is 4. The Morgan fingerprint density at radius 2 is 1.75 bits per heavy atom. The van der Waals surface area contributed by atoms with E-state index in [0.717, 1.165) is 34.5 Å². The first-order valence-electron chi connectivity index (χ1n) is 10.7. The van der Waals surface area contributed by atoms with Gasteiger partial charge >= 0.3 is 6.18 Å². The van der Waals surface area contributed by atoms with Crippen molar-refractivity contribution in [2.75, 3.05) is 5.32 Å². The van der Waals surface area contributed by atoms with Gasteiger partial charge in [-0.2, -0.15) is 18.4 Å². The zero-order valence-corrected chi connectivity index (χ0v) is 19.4. The van der Waals surface area contributed by atoms with E-state index in [2.05, 4.69) is 5.32 Å². The summed E-state index contributed by atoms with van der Waals surface area (Å²) < 4.78 is 44.9. The lowest BCUT2D eigenvalue weighted by molar-refractivity contribution is -0.137. The van der Waals surface area contributed by atoms with E-state index in [1.54, 1.807) is 30.3 Å². The summed E-state index contributed by atoms with van der Waals surface area (Å²) in [5.41, 5.74) is -0.0170. The SMILES string of the molecule is N#C/C(=C\c1cccc(OCc2cccc3ccccc23)c1)C(=O)Nc1cc(C(F)(F)F)ccc1Cl. The summed E-state index contributed by atoms with van der Waals surface area (Å²) in [7, 11) is 0. The average Bonchev–Trinajstić information content (AvgIpc) is 2.86. The molecule has 0 unspecified atom stereocenters. The van der Waals surface area contributed by atoms with Gasteiger partial charge in [-0.05, 0) is 58.3 Å². The zero-order chi connectivity index (χ0) is 25.7. The number of fused-ring (bicyclic) bond motifs is 1. The molecule has 0 bridgehead atoms. The Morgan fingerprint density at radius 1 is 1.00 bits per heavy atom. The quantitative estimate of drug-likeness (QED) is 0.216. The van der Waals surface area contributed by atoms with Crippen molar-refractivity contribution < 1.29 is 22.7 Å². The van der Waals surface area contributed by atoms with Crippen molar-refractivity contribution in [3.05, 3.63) is 112 Å². The lowest BCUT2D eigenvalue weighted by atomic mass is 10.1. The molecule has 0 aliphatic rings. The molecule has 4 rings (SSSR count). The second-order valence-electron chi connectivity index (χ2n) is 7.82. The number of carbonyl (C=O) groups excluding carboxylic acids is 1. The number of nitrogens with one attached hydrogen (secondary N) is 1. The fourth-order valence-electron chi connectivity index (χ4n) is 3.58. The van der Waals surface area contributed by atoms with E-state index >= 15 is 0 Å². The Balaban J connectivity index is 1.51. The molecule has 4 nitrogen and oxygen atoms in total. The zero-order valence-electron chi connectivity index (χ0n) is 18.6. The molecule has 0 atom stereocenters. The van der Waals surface area contributed by atoms with Crippen molar-refractivity contribution in [3.8, 4) is 11.8 Å². The summed E-state index contributed by atoms with van der Waals surface area (Å²) in [4.78, 5) is 12.6. The number of hydrogen-bond donors (Lipinski definition) is 1. The Morgan fingerprint density at radius 3 is 2.53 bits per heavy atom. The van der Waals surface area contributed by atoms with Crippen LogP contribution in [-0.2, 0) is 17.6 Å². The van der Waals surface area contributed by atoms with E-state index in [4.69, 9.17) is 16.3 Å². The molecule has 0 spiro atoms. The smallest absolute Gasteiger partial charge is 0.416 e. The number of amides is 1. The molecule has 0 saturated heterocycles. The van der Waals surface area contributed by atoms with Gasteiger partial charge in [-0.3, -0.25) is 4.79 Å². The molecule has 36 heavy (non-hydrogen) atoms. The normalized spacial score (nSPS) is 11.7. The van der Waals surface area contributed by atoms with Crippen LogP contribution in [0.25, 0.3) is 16.8 Å². The fraction of sp³-hybridized carbons (Fsp3) is 0.0714. The predicted octanol–water partition coefficient (Wildman–Crippen LogP) is 7.64. The van der Waals surface area contributed by atoms with Crippen molar-refractivity contribution in [2.45, 2.75) is 12.8 Å². The number of carbonyl (C=O) groups is 1. The van der Waals surface area contributed by atoms with E-state index in [1.165, 1.54) is 6.08 Å². The number of ether oxygens (including phenoxy) is 1. The van der Waals surface area contributed by atoms with Crippen molar-refractivity contribution in [2.24, 2.45) is 0 Å².